The van der Waals surface area contributed by atoms with Crippen LogP contribution in [0.4, 0.5) is 0 Å². The summed E-state index contributed by atoms with van der Waals surface area (Å²) in [5.74, 6) is 0.768. The number of rotatable bonds is 7. The number of amides is 1. The highest BCUT2D eigenvalue weighted by atomic mass is 127. The molecule has 174 valence electrons. The molecule has 4 rings (SSSR count). The van der Waals surface area contributed by atoms with Gasteiger partial charge >= 0.3 is 5.91 Å². The van der Waals surface area contributed by atoms with Gasteiger partial charge in [0, 0.05) is 30.5 Å². The fraction of sp³-hybridized carbons (Fsp3) is 0.0833. The lowest BCUT2D eigenvalue weighted by molar-refractivity contribution is 0.0929. The second-order valence-corrected chi connectivity index (χ2v) is 10.4. The molecular weight excluding hydrogens is 702 g/mol. The fourth-order valence-electron chi connectivity index (χ4n) is 3.10. The third kappa shape index (κ3) is 5.76. The summed E-state index contributed by atoms with van der Waals surface area (Å²) in [4.78, 5) is 12.5. The number of ether oxygens (including phenoxy) is 2. The lowest BCUT2D eigenvalue weighted by atomic mass is 10.2. The number of hydrogen-bond acceptors (Lipinski definition) is 5. The first-order chi connectivity index (χ1) is 16.4. The number of nitrogens with zero attached hydrogens (tertiary/aromatic N) is 1. The van der Waals surface area contributed by atoms with Crippen molar-refractivity contribution in [3.05, 3.63) is 89.0 Å². The Morgan fingerprint density at radius 3 is 2.74 bits per heavy atom. The summed E-state index contributed by atoms with van der Waals surface area (Å²) in [6, 6.07) is 16.5. The van der Waals surface area contributed by atoms with E-state index in [1.54, 1.807) is 25.3 Å². The zero-order chi connectivity index (χ0) is 24.2. The Hall–Kier alpha value is -2.08. The van der Waals surface area contributed by atoms with Crippen LogP contribution in [-0.2, 0) is 6.61 Å². The summed E-state index contributed by atoms with van der Waals surface area (Å²) in [5.41, 5.74) is 4.69. The van der Waals surface area contributed by atoms with E-state index in [0.29, 0.717) is 38.7 Å². The molecule has 0 fully saturated rings. The Kier molecular flexibility index (Phi) is 8.18. The summed E-state index contributed by atoms with van der Waals surface area (Å²) in [6.45, 7) is 0.291. The molecule has 0 aliphatic heterocycles. The molecule has 1 aromatic heterocycles. The van der Waals surface area contributed by atoms with Crippen LogP contribution in [0.2, 0.25) is 5.02 Å². The number of benzene rings is 3. The van der Waals surface area contributed by atoms with Crippen LogP contribution in [0.1, 0.15) is 21.7 Å². The highest BCUT2D eigenvalue weighted by molar-refractivity contribution is 14.1. The van der Waals surface area contributed by atoms with E-state index in [2.05, 4.69) is 65.0 Å². The molecule has 1 amide bonds. The zero-order valence-corrected chi connectivity index (χ0v) is 23.7. The van der Waals surface area contributed by atoms with E-state index in [0.717, 1.165) is 19.0 Å². The highest BCUT2D eigenvalue weighted by Gasteiger charge is 2.15. The van der Waals surface area contributed by atoms with E-state index in [9.17, 15) is 4.79 Å². The average Bonchev–Trinajstić information content (AvgIpc) is 3.24. The lowest BCUT2D eigenvalue weighted by Gasteiger charge is -2.13. The molecular formula is C24H16Br2ClIN2O4. The third-order valence-corrected chi connectivity index (χ3v) is 7.07. The van der Waals surface area contributed by atoms with Gasteiger partial charge in [-0.2, -0.15) is 5.10 Å². The summed E-state index contributed by atoms with van der Waals surface area (Å²) >= 11 is 15.3. The van der Waals surface area contributed by atoms with Crippen LogP contribution in [-0.4, -0.2) is 19.2 Å². The topological polar surface area (TPSA) is 73.1 Å². The molecule has 6 nitrogen and oxygen atoms in total. The van der Waals surface area contributed by atoms with Crippen molar-refractivity contribution in [2.75, 3.05) is 7.11 Å². The Bertz CT molecular complexity index is 1410. The second-order valence-electron chi connectivity index (χ2n) is 7.02. The smallest absolute Gasteiger partial charge is 0.307 e. The molecule has 34 heavy (non-hydrogen) atoms. The van der Waals surface area contributed by atoms with Crippen molar-refractivity contribution in [2.24, 2.45) is 5.10 Å². The fourth-order valence-corrected chi connectivity index (χ4v) is 5.37. The lowest BCUT2D eigenvalue weighted by Crippen LogP contribution is -2.16. The number of hydrazone groups is 1. The van der Waals surface area contributed by atoms with E-state index in [1.165, 1.54) is 6.21 Å². The first-order valence-corrected chi connectivity index (χ1v) is 12.9. The Labute approximate surface area is 231 Å². The van der Waals surface area contributed by atoms with Crippen LogP contribution in [0, 0.1) is 3.57 Å². The molecule has 0 radical (unpaired) electrons. The maximum atomic E-state index is 12.5. The minimum Gasteiger partial charge on any atom is -0.493 e. The van der Waals surface area contributed by atoms with Gasteiger partial charge in [0.15, 0.2) is 17.3 Å². The van der Waals surface area contributed by atoms with Gasteiger partial charge in [0.2, 0.25) is 0 Å². The van der Waals surface area contributed by atoms with Crippen molar-refractivity contribution in [1.82, 2.24) is 5.43 Å². The third-order valence-electron chi connectivity index (χ3n) is 4.75. The summed E-state index contributed by atoms with van der Waals surface area (Å²) < 4.78 is 19.6. The summed E-state index contributed by atoms with van der Waals surface area (Å²) in [5, 5.41) is 5.52. The minimum atomic E-state index is -0.456. The number of furan rings is 1. The molecule has 0 saturated heterocycles. The number of carbonyl (C=O) groups is 1. The monoisotopic (exact) mass is 716 g/mol. The van der Waals surface area contributed by atoms with Gasteiger partial charge in [0.05, 0.1) is 16.9 Å². The first kappa shape index (κ1) is 25.0. The van der Waals surface area contributed by atoms with E-state index >= 15 is 0 Å². The molecule has 4 aromatic rings. The molecule has 10 heteroatoms. The van der Waals surface area contributed by atoms with Gasteiger partial charge in [-0.3, -0.25) is 4.79 Å². The number of hydrogen-bond donors (Lipinski definition) is 1. The number of methoxy groups -OCH3 is 1. The zero-order valence-electron chi connectivity index (χ0n) is 17.6. The predicted octanol–water partition coefficient (Wildman–Crippen LogP) is 7.57. The van der Waals surface area contributed by atoms with Gasteiger partial charge in [0.1, 0.15) is 12.2 Å². The summed E-state index contributed by atoms with van der Waals surface area (Å²) in [7, 11) is 1.55. The van der Waals surface area contributed by atoms with Crippen LogP contribution < -0.4 is 14.9 Å². The van der Waals surface area contributed by atoms with Gasteiger partial charge < -0.3 is 13.9 Å². The maximum absolute atomic E-state index is 12.5. The highest BCUT2D eigenvalue weighted by Crippen LogP contribution is 2.34. The molecule has 3 aromatic carbocycles. The minimum absolute atomic E-state index is 0.170. The number of halogens is 4. The van der Waals surface area contributed by atoms with E-state index in [4.69, 9.17) is 25.5 Å². The predicted molar refractivity (Wildman–Crippen MR) is 148 cm³/mol. The standard InChI is InChI=1S/C24H16Br2ClIN2O4/c1-32-20-8-15(17(26)10-21(20)33-12-13-4-2-3-5-18(13)27)11-29-30-24(31)22-7-14-6-16(25)9-19(28)23(14)34-22/h2-11H,12H2,1H3,(H,30,31)/b29-11-. The molecule has 0 aliphatic rings. The van der Waals surface area contributed by atoms with E-state index in [-0.39, 0.29) is 5.76 Å². The van der Waals surface area contributed by atoms with Gasteiger partial charge in [-0.25, -0.2) is 5.43 Å². The molecule has 0 spiro atoms. The Balaban J connectivity index is 1.47. The molecule has 0 saturated carbocycles. The summed E-state index contributed by atoms with van der Waals surface area (Å²) in [6.07, 6.45) is 1.51. The van der Waals surface area contributed by atoms with Crippen molar-refractivity contribution in [1.29, 1.82) is 0 Å². The number of nitrogens with one attached hydrogen (secondary N) is 1. The quantitative estimate of drug-likeness (QED) is 0.122. The second kappa shape index (κ2) is 11.1. The molecule has 0 unspecified atom stereocenters. The molecule has 0 aliphatic carbocycles. The van der Waals surface area contributed by atoms with Crippen molar-refractivity contribution in [3.63, 3.8) is 0 Å². The first-order valence-electron chi connectivity index (χ1n) is 9.81. The SMILES string of the molecule is COc1cc(/C=N\NC(=O)c2cc3cc(Br)cc(I)c3o2)c(Br)cc1OCc1ccccc1Cl. The van der Waals surface area contributed by atoms with Crippen LogP contribution in [0.25, 0.3) is 11.0 Å². The van der Waals surface area contributed by atoms with Crippen molar-refractivity contribution in [2.45, 2.75) is 6.61 Å². The molecule has 0 bridgehead atoms. The Morgan fingerprint density at radius 2 is 1.97 bits per heavy atom. The van der Waals surface area contributed by atoms with Crippen molar-refractivity contribution >= 4 is 89.1 Å². The van der Waals surface area contributed by atoms with Gasteiger partial charge in [-0.05, 0) is 74.9 Å². The molecule has 0 atom stereocenters. The number of fused-ring (bicyclic) bond motifs is 1. The van der Waals surface area contributed by atoms with Crippen LogP contribution in [0.3, 0.4) is 0 Å². The average molecular weight is 719 g/mol. The largest absolute Gasteiger partial charge is 0.493 e. The van der Waals surface area contributed by atoms with Crippen LogP contribution in [0.15, 0.2) is 73.1 Å². The normalized spacial score (nSPS) is 11.2. The number of carbonyl (C=O) groups excluding carboxylic acids is 1. The Morgan fingerprint density at radius 1 is 1.18 bits per heavy atom. The maximum Gasteiger partial charge on any atom is 0.307 e. The van der Waals surface area contributed by atoms with Gasteiger partial charge in [0.25, 0.3) is 0 Å². The molecule has 1 N–H and O–H groups in total. The molecule has 1 heterocycles. The van der Waals surface area contributed by atoms with Gasteiger partial charge in [-0.1, -0.05) is 45.7 Å². The van der Waals surface area contributed by atoms with E-state index < -0.39 is 5.91 Å². The van der Waals surface area contributed by atoms with E-state index in [1.807, 2.05) is 36.4 Å². The van der Waals surface area contributed by atoms with Crippen molar-refractivity contribution in [3.8, 4) is 11.5 Å². The van der Waals surface area contributed by atoms with Crippen molar-refractivity contribution < 1.29 is 18.7 Å². The van der Waals surface area contributed by atoms with Crippen LogP contribution in [0.5, 0.6) is 11.5 Å². The van der Waals surface area contributed by atoms with Gasteiger partial charge in [-0.15, -0.1) is 0 Å². The van der Waals surface area contributed by atoms with Crippen LogP contribution >= 0.6 is 66.1 Å².